The quantitative estimate of drug-likeness (QED) is 0.0228. The highest BCUT2D eigenvalue weighted by Crippen LogP contribution is 2.26. The molecular weight excluding hydrogens is 949 g/mol. The number of carbonyl (C=O) groups excluding carboxylic acids is 3. The summed E-state index contributed by atoms with van der Waals surface area (Å²) >= 11 is 0. The maximum absolute atomic E-state index is 13.1. The molecule has 0 amide bonds. The van der Waals surface area contributed by atoms with Gasteiger partial charge in [0.1, 0.15) is 18.8 Å². The van der Waals surface area contributed by atoms with Crippen LogP contribution in [0, 0.1) is 0 Å². The van der Waals surface area contributed by atoms with Crippen LogP contribution in [-0.2, 0) is 42.9 Å². The van der Waals surface area contributed by atoms with Crippen LogP contribution < -0.4 is 0 Å². The number of aliphatic hydroxyl groups excluding tert-OH is 2. The molecule has 75 heavy (non-hydrogen) atoms. The summed E-state index contributed by atoms with van der Waals surface area (Å²) in [6, 6.07) is 0. The van der Waals surface area contributed by atoms with Crippen LogP contribution >= 0.6 is 0 Å². The number of hydrogen-bond donors (Lipinski definition) is 3. The Bertz CT molecular complexity index is 1580. The number of aliphatic hydroxyl groups is 2. The van der Waals surface area contributed by atoms with Gasteiger partial charge in [0.2, 0.25) is 0 Å². The highest BCUT2D eigenvalue weighted by Gasteiger charge is 2.50. The molecule has 0 aromatic heterocycles. The molecule has 1 aliphatic heterocycles. The number of rotatable bonds is 50. The summed E-state index contributed by atoms with van der Waals surface area (Å²) in [4.78, 5) is 51.1. The molecule has 0 aromatic rings. The van der Waals surface area contributed by atoms with Gasteiger partial charge in [0.15, 0.2) is 24.6 Å². The van der Waals surface area contributed by atoms with Crippen molar-refractivity contribution in [3.05, 3.63) is 72.9 Å². The molecule has 12 heteroatoms. The summed E-state index contributed by atoms with van der Waals surface area (Å²) in [5.41, 5.74) is 0. The van der Waals surface area contributed by atoms with Crippen LogP contribution in [0.15, 0.2) is 72.9 Å². The van der Waals surface area contributed by atoms with Crippen molar-refractivity contribution in [2.75, 3.05) is 13.2 Å². The first-order valence-electron chi connectivity index (χ1n) is 29.9. The zero-order valence-electron chi connectivity index (χ0n) is 47.3. The van der Waals surface area contributed by atoms with Gasteiger partial charge in [-0.05, 0) is 109 Å². The van der Waals surface area contributed by atoms with E-state index in [1.807, 2.05) is 0 Å². The second kappa shape index (κ2) is 50.9. The van der Waals surface area contributed by atoms with Crippen LogP contribution in [0.1, 0.15) is 252 Å². The molecule has 0 aliphatic carbocycles. The molecule has 430 valence electrons. The number of carbonyl (C=O) groups is 4. The highest BCUT2D eigenvalue weighted by atomic mass is 16.7. The molecule has 1 fully saturated rings. The number of aliphatic carboxylic acids is 1. The van der Waals surface area contributed by atoms with Crippen molar-refractivity contribution in [1.82, 2.24) is 0 Å². The Labute approximate surface area is 455 Å². The fourth-order valence-electron chi connectivity index (χ4n) is 8.64. The molecule has 1 rings (SSSR count). The number of ether oxygens (including phenoxy) is 5. The van der Waals surface area contributed by atoms with E-state index >= 15 is 0 Å². The van der Waals surface area contributed by atoms with E-state index in [1.165, 1.54) is 70.6 Å². The number of allylic oxidation sites excluding steroid dienone is 12. The molecule has 0 radical (unpaired) electrons. The monoisotopic (exact) mass is 1050 g/mol. The third-order valence-electron chi connectivity index (χ3n) is 13.2. The summed E-state index contributed by atoms with van der Waals surface area (Å²) < 4.78 is 28.4. The summed E-state index contributed by atoms with van der Waals surface area (Å²) in [5.74, 6) is -3.18. The summed E-state index contributed by atoms with van der Waals surface area (Å²) in [5, 5.41) is 31.5. The van der Waals surface area contributed by atoms with Gasteiger partial charge < -0.3 is 39.0 Å². The van der Waals surface area contributed by atoms with Crippen molar-refractivity contribution in [1.29, 1.82) is 0 Å². The Morgan fingerprint density at radius 3 is 1.33 bits per heavy atom. The molecule has 0 aromatic carbocycles. The van der Waals surface area contributed by atoms with Gasteiger partial charge >= 0.3 is 23.9 Å². The van der Waals surface area contributed by atoms with Crippen molar-refractivity contribution in [3.63, 3.8) is 0 Å². The Morgan fingerprint density at radius 1 is 0.453 bits per heavy atom. The third kappa shape index (κ3) is 41.0. The molecule has 1 saturated heterocycles. The smallest absolute Gasteiger partial charge is 0.335 e. The van der Waals surface area contributed by atoms with Gasteiger partial charge in [-0.25, -0.2) is 4.79 Å². The molecule has 1 aliphatic rings. The zero-order valence-corrected chi connectivity index (χ0v) is 47.3. The van der Waals surface area contributed by atoms with Crippen molar-refractivity contribution >= 4 is 23.9 Å². The fourth-order valence-corrected chi connectivity index (χ4v) is 8.64. The molecule has 1 heterocycles. The number of carboxylic acid groups (broad SMARTS) is 1. The van der Waals surface area contributed by atoms with Crippen molar-refractivity contribution in [2.45, 2.75) is 289 Å². The van der Waals surface area contributed by atoms with Crippen LogP contribution in [0.5, 0.6) is 0 Å². The van der Waals surface area contributed by atoms with Gasteiger partial charge in [0.25, 0.3) is 0 Å². The van der Waals surface area contributed by atoms with E-state index < -0.39 is 67.3 Å². The lowest BCUT2D eigenvalue weighted by molar-refractivity contribution is -0.301. The Hall–Kier alpha value is -3.84. The summed E-state index contributed by atoms with van der Waals surface area (Å²) in [7, 11) is 0. The number of hydrogen-bond acceptors (Lipinski definition) is 11. The lowest BCUT2D eigenvalue weighted by Gasteiger charge is -2.40. The van der Waals surface area contributed by atoms with Gasteiger partial charge in [0.05, 0.1) is 6.61 Å². The van der Waals surface area contributed by atoms with Crippen molar-refractivity contribution in [3.8, 4) is 0 Å². The minimum Gasteiger partial charge on any atom is -0.479 e. The average molecular weight is 1060 g/mol. The molecule has 6 unspecified atom stereocenters. The van der Waals surface area contributed by atoms with E-state index in [2.05, 4.69) is 93.7 Å². The second-order valence-electron chi connectivity index (χ2n) is 20.2. The first kappa shape index (κ1) is 69.2. The first-order chi connectivity index (χ1) is 36.6. The van der Waals surface area contributed by atoms with E-state index in [9.17, 15) is 34.5 Å². The Balaban J connectivity index is 2.70. The van der Waals surface area contributed by atoms with Crippen LogP contribution in [0.25, 0.3) is 0 Å². The fraction of sp³-hybridized carbons (Fsp3) is 0.746. The molecule has 0 saturated carbocycles. The minimum atomic E-state index is -1.91. The number of carboxylic acids is 1. The van der Waals surface area contributed by atoms with Crippen LogP contribution in [0.4, 0.5) is 0 Å². The predicted octanol–water partition coefficient (Wildman–Crippen LogP) is 15.3. The second-order valence-corrected chi connectivity index (χ2v) is 20.2. The predicted molar refractivity (Wildman–Crippen MR) is 303 cm³/mol. The van der Waals surface area contributed by atoms with E-state index in [0.29, 0.717) is 19.3 Å². The maximum atomic E-state index is 13.1. The van der Waals surface area contributed by atoms with Gasteiger partial charge in [-0.1, -0.05) is 196 Å². The van der Waals surface area contributed by atoms with Crippen LogP contribution in [0.2, 0.25) is 0 Å². The van der Waals surface area contributed by atoms with E-state index in [1.54, 1.807) is 0 Å². The molecule has 3 N–H and O–H groups in total. The normalized spacial score (nSPS) is 18.7. The highest BCUT2D eigenvalue weighted by molar-refractivity contribution is 5.74. The molecule has 6 atom stereocenters. The first-order valence-corrected chi connectivity index (χ1v) is 29.9. The lowest BCUT2D eigenvalue weighted by Crippen LogP contribution is -2.61. The minimum absolute atomic E-state index is 0.0491. The van der Waals surface area contributed by atoms with Crippen molar-refractivity contribution in [2.24, 2.45) is 0 Å². The molecular formula is C63H106O12. The topological polar surface area (TPSA) is 175 Å². The SMILES string of the molecule is CC/C=C\C/C=C\C/C=C\CCCCCC(=O)OC(COC(=O)CCCCCCC/C=C\C/C=C\CCCCC)COC1OC(C(=O)O)C(O)C(O)C1OC(=O)CCCCCCCCC/C=C\CCCCCCCC. The Morgan fingerprint density at radius 2 is 0.840 bits per heavy atom. The number of unbranched alkanes of at least 4 members (excludes halogenated alkanes) is 24. The Kier molecular flexibility index (Phi) is 47.0. The standard InChI is InChI=1S/C63H106O12/c1-4-7-10-13-16-19-22-25-27-28-30-33-36-39-42-45-48-51-57(66)74-61-59(68)58(67)60(62(69)70)75-63(61)72-53-54(73-56(65)50-47-44-41-38-35-31-24-21-18-15-12-9-6-3)52-71-55(64)49-46-43-40-37-34-32-29-26-23-20-17-14-11-8-5-2/h9,12,17-18,20-21,25-27,29,31,35,54,58-61,63,67-68H,4-8,10-11,13-16,19,22-24,28,30,32-34,36-53H2,1-3H3,(H,69,70)/b12-9-,20-17-,21-18-,27-25-,29-26-,35-31-. The van der Waals surface area contributed by atoms with E-state index in [4.69, 9.17) is 23.7 Å². The van der Waals surface area contributed by atoms with Crippen LogP contribution in [0.3, 0.4) is 0 Å². The number of esters is 3. The van der Waals surface area contributed by atoms with Gasteiger partial charge in [-0.2, -0.15) is 0 Å². The molecule has 12 nitrogen and oxygen atoms in total. The average Bonchev–Trinajstić information content (AvgIpc) is 3.39. The summed E-state index contributed by atoms with van der Waals surface area (Å²) in [6.45, 7) is 5.81. The lowest BCUT2D eigenvalue weighted by atomic mass is 9.98. The van der Waals surface area contributed by atoms with Crippen LogP contribution in [-0.4, -0.2) is 89.2 Å². The maximum Gasteiger partial charge on any atom is 0.335 e. The largest absolute Gasteiger partial charge is 0.479 e. The van der Waals surface area contributed by atoms with Gasteiger partial charge in [0, 0.05) is 19.3 Å². The zero-order chi connectivity index (χ0) is 54.7. The van der Waals surface area contributed by atoms with Gasteiger partial charge in [-0.3, -0.25) is 14.4 Å². The van der Waals surface area contributed by atoms with E-state index in [-0.39, 0.29) is 25.9 Å². The summed E-state index contributed by atoms with van der Waals surface area (Å²) in [6.07, 6.45) is 51.6. The third-order valence-corrected chi connectivity index (χ3v) is 13.2. The van der Waals surface area contributed by atoms with Gasteiger partial charge in [-0.15, -0.1) is 0 Å². The van der Waals surface area contributed by atoms with Crippen molar-refractivity contribution < 1.29 is 58.2 Å². The molecule has 0 bridgehead atoms. The molecule has 0 spiro atoms. The van der Waals surface area contributed by atoms with E-state index in [0.717, 1.165) is 122 Å².